The summed E-state index contributed by atoms with van der Waals surface area (Å²) in [5.41, 5.74) is 1.92. The number of rotatable bonds is 5. The van der Waals surface area contributed by atoms with Crippen LogP contribution in [0.15, 0.2) is 35.4 Å². The molecule has 2 aromatic rings. The van der Waals surface area contributed by atoms with E-state index >= 15 is 0 Å². The second-order valence-corrected chi connectivity index (χ2v) is 6.80. The first-order chi connectivity index (χ1) is 10.4. The van der Waals surface area contributed by atoms with Gasteiger partial charge in [-0.15, -0.1) is 0 Å². The van der Waals surface area contributed by atoms with Gasteiger partial charge in [0.2, 0.25) is 5.91 Å². The van der Waals surface area contributed by atoms with Gasteiger partial charge in [0.1, 0.15) is 10.9 Å². The molecule has 1 amide bonds. The summed E-state index contributed by atoms with van der Waals surface area (Å²) >= 11 is 7.27. The molecule has 1 aromatic heterocycles. The van der Waals surface area contributed by atoms with Crippen molar-refractivity contribution in [1.29, 1.82) is 0 Å². The van der Waals surface area contributed by atoms with Crippen LogP contribution >= 0.6 is 23.4 Å². The summed E-state index contributed by atoms with van der Waals surface area (Å²) in [5, 5.41) is 4.21. The number of hydrogen-bond acceptors (Lipinski definition) is 4. The second kappa shape index (κ2) is 7.61. The highest BCUT2D eigenvalue weighted by Crippen LogP contribution is 2.22. The van der Waals surface area contributed by atoms with Crippen LogP contribution in [-0.4, -0.2) is 21.1 Å². The zero-order valence-corrected chi connectivity index (χ0v) is 14.3. The Morgan fingerprint density at radius 1 is 1.27 bits per heavy atom. The summed E-state index contributed by atoms with van der Waals surface area (Å²) in [7, 11) is 0. The van der Waals surface area contributed by atoms with Crippen LogP contribution < -0.4 is 5.32 Å². The molecule has 1 aromatic carbocycles. The molecule has 0 saturated carbocycles. The molecule has 0 fully saturated rings. The molecular formula is C16H18ClN3OS. The van der Waals surface area contributed by atoms with Crippen LogP contribution in [0.3, 0.4) is 0 Å². The molecule has 2 rings (SSSR count). The lowest BCUT2D eigenvalue weighted by Gasteiger charge is -2.12. The monoisotopic (exact) mass is 335 g/mol. The van der Waals surface area contributed by atoms with E-state index in [0.29, 0.717) is 11.6 Å². The summed E-state index contributed by atoms with van der Waals surface area (Å²) in [4.78, 5) is 20.7. The van der Waals surface area contributed by atoms with Crippen molar-refractivity contribution in [2.75, 3.05) is 0 Å². The Hall–Kier alpha value is -1.59. The average Bonchev–Trinajstić information content (AvgIpc) is 2.45. The van der Waals surface area contributed by atoms with Crippen molar-refractivity contribution < 1.29 is 4.79 Å². The van der Waals surface area contributed by atoms with Crippen LogP contribution in [0.4, 0.5) is 0 Å². The maximum atomic E-state index is 12.2. The fourth-order valence-corrected chi connectivity index (χ4v) is 3.02. The SMILES string of the molecule is Cc1cc(SC(C)C(=O)NCc2ccc(Cl)cc2)nc(C)n1. The number of halogens is 1. The van der Waals surface area contributed by atoms with Gasteiger partial charge in [0.25, 0.3) is 0 Å². The highest BCUT2D eigenvalue weighted by atomic mass is 35.5. The third kappa shape index (κ3) is 5.00. The van der Waals surface area contributed by atoms with E-state index in [1.807, 2.05) is 51.1 Å². The predicted molar refractivity (Wildman–Crippen MR) is 90.1 cm³/mol. The fraction of sp³-hybridized carbons (Fsp3) is 0.312. The second-order valence-electron chi connectivity index (χ2n) is 5.00. The predicted octanol–water partition coefficient (Wildman–Crippen LogP) is 3.54. The zero-order valence-electron chi connectivity index (χ0n) is 12.8. The van der Waals surface area contributed by atoms with Gasteiger partial charge in [0.05, 0.1) is 5.25 Å². The van der Waals surface area contributed by atoms with Gasteiger partial charge in [-0.2, -0.15) is 0 Å². The van der Waals surface area contributed by atoms with Gasteiger partial charge in [0.15, 0.2) is 0 Å². The molecule has 0 bridgehead atoms. The minimum Gasteiger partial charge on any atom is -0.351 e. The van der Waals surface area contributed by atoms with Gasteiger partial charge >= 0.3 is 0 Å². The van der Waals surface area contributed by atoms with Crippen LogP contribution in [-0.2, 0) is 11.3 Å². The minimum absolute atomic E-state index is 0.0196. The summed E-state index contributed by atoms with van der Waals surface area (Å²) in [6.07, 6.45) is 0. The summed E-state index contributed by atoms with van der Waals surface area (Å²) in [5.74, 6) is 0.699. The van der Waals surface area contributed by atoms with Crippen molar-refractivity contribution in [1.82, 2.24) is 15.3 Å². The highest BCUT2D eigenvalue weighted by Gasteiger charge is 2.15. The number of aryl methyl sites for hydroxylation is 2. The van der Waals surface area contributed by atoms with Crippen molar-refractivity contribution in [3.63, 3.8) is 0 Å². The Labute approximate surface area is 139 Å². The Bertz CT molecular complexity index is 641. The smallest absolute Gasteiger partial charge is 0.233 e. The van der Waals surface area contributed by atoms with Gasteiger partial charge in [-0.3, -0.25) is 4.79 Å². The number of benzene rings is 1. The Morgan fingerprint density at radius 2 is 1.95 bits per heavy atom. The molecule has 22 heavy (non-hydrogen) atoms. The van der Waals surface area contributed by atoms with E-state index in [2.05, 4.69) is 15.3 Å². The van der Waals surface area contributed by atoms with Crippen molar-refractivity contribution in [2.24, 2.45) is 0 Å². The van der Waals surface area contributed by atoms with E-state index in [1.165, 1.54) is 11.8 Å². The molecule has 0 aliphatic rings. The van der Waals surface area contributed by atoms with Gasteiger partial charge < -0.3 is 5.32 Å². The standard InChI is InChI=1S/C16H18ClN3OS/c1-10-8-15(20-12(3)19-10)22-11(2)16(21)18-9-13-4-6-14(17)7-5-13/h4-8,11H,9H2,1-3H3,(H,18,21). The molecule has 0 saturated heterocycles. The molecule has 1 heterocycles. The Morgan fingerprint density at radius 3 is 2.59 bits per heavy atom. The fourth-order valence-electron chi connectivity index (χ4n) is 1.91. The maximum Gasteiger partial charge on any atom is 0.233 e. The number of hydrogen-bond donors (Lipinski definition) is 1. The zero-order chi connectivity index (χ0) is 16.1. The number of carbonyl (C=O) groups is 1. The minimum atomic E-state index is -0.221. The van der Waals surface area contributed by atoms with Crippen LogP contribution in [0.1, 0.15) is 24.0 Å². The number of amides is 1. The topological polar surface area (TPSA) is 54.9 Å². The molecule has 0 aliphatic heterocycles. The van der Waals surface area contributed by atoms with Crippen molar-refractivity contribution in [2.45, 2.75) is 37.6 Å². The largest absolute Gasteiger partial charge is 0.351 e. The van der Waals surface area contributed by atoms with E-state index < -0.39 is 0 Å². The lowest BCUT2D eigenvalue weighted by molar-refractivity contribution is -0.120. The molecule has 116 valence electrons. The molecule has 0 spiro atoms. The Balaban J connectivity index is 1.90. The van der Waals surface area contributed by atoms with Gasteiger partial charge in [-0.25, -0.2) is 9.97 Å². The first-order valence-corrected chi connectivity index (χ1v) is 8.21. The number of aromatic nitrogens is 2. The maximum absolute atomic E-state index is 12.2. The van der Waals surface area contributed by atoms with E-state index in [4.69, 9.17) is 11.6 Å². The Kier molecular flexibility index (Phi) is 5.80. The van der Waals surface area contributed by atoms with Crippen LogP contribution in [0.25, 0.3) is 0 Å². The number of nitrogens with one attached hydrogen (secondary N) is 1. The van der Waals surface area contributed by atoms with E-state index in [0.717, 1.165) is 22.1 Å². The highest BCUT2D eigenvalue weighted by molar-refractivity contribution is 8.00. The van der Waals surface area contributed by atoms with Crippen molar-refractivity contribution in [3.8, 4) is 0 Å². The summed E-state index contributed by atoms with van der Waals surface area (Å²) < 4.78 is 0. The van der Waals surface area contributed by atoms with E-state index in [1.54, 1.807) is 0 Å². The van der Waals surface area contributed by atoms with Gasteiger partial charge in [0, 0.05) is 17.3 Å². The average molecular weight is 336 g/mol. The quantitative estimate of drug-likeness (QED) is 0.670. The van der Waals surface area contributed by atoms with E-state index in [-0.39, 0.29) is 11.2 Å². The molecule has 1 atom stereocenters. The normalized spacial score (nSPS) is 12.0. The first-order valence-electron chi connectivity index (χ1n) is 6.95. The number of carbonyl (C=O) groups excluding carboxylic acids is 1. The molecule has 1 N–H and O–H groups in total. The molecule has 1 unspecified atom stereocenters. The van der Waals surface area contributed by atoms with E-state index in [9.17, 15) is 4.79 Å². The first kappa shape index (κ1) is 16.8. The lowest BCUT2D eigenvalue weighted by atomic mass is 10.2. The van der Waals surface area contributed by atoms with Crippen molar-refractivity contribution in [3.05, 3.63) is 52.4 Å². The molecule has 0 radical (unpaired) electrons. The summed E-state index contributed by atoms with van der Waals surface area (Å²) in [6, 6.07) is 9.32. The van der Waals surface area contributed by atoms with Crippen LogP contribution in [0, 0.1) is 13.8 Å². The lowest BCUT2D eigenvalue weighted by Crippen LogP contribution is -2.30. The molecular weight excluding hydrogens is 318 g/mol. The third-order valence-corrected chi connectivity index (χ3v) is 4.26. The van der Waals surface area contributed by atoms with Crippen LogP contribution in [0.2, 0.25) is 5.02 Å². The van der Waals surface area contributed by atoms with Gasteiger partial charge in [-0.1, -0.05) is 35.5 Å². The third-order valence-electron chi connectivity index (χ3n) is 2.99. The number of thioether (sulfide) groups is 1. The molecule has 4 nitrogen and oxygen atoms in total. The molecule has 0 aliphatic carbocycles. The van der Waals surface area contributed by atoms with Crippen molar-refractivity contribution >= 4 is 29.3 Å². The summed E-state index contributed by atoms with van der Waals surface area (Å²) in [6.45, 7) is 6.13. The number of nitrogens with zero attached hydrogens (tertiary/aromatic N) is 2. The van der Waals surface area contributed by atoms with Gasteiger partial charge in [-0.05, 0) is 44.5 Å². The molecule has 6 heteroatoms. The van der Waals surface area contributed by atoms with Crippen LogP contribution in [0.5, 0.6) is 0 Å².